The van der Waals surface area contributed by atoms with Gasteiger partial charge in [-0.15, -0.1) is 0 Å². The molecule has 0 radical (unpaired) electrons. The zero-order valence-corrected chi connectivity index (χ0v) is 9.97. The van der Waals surface area contributed by atoms with Gasteiger partial charge in [-0.1, -0.05) is 0 Å². The molecule has 0 aromatic carbocycles. The fourth-order valence-electron chi connectivity index (χ4n) is 2.16. The summed E-state index contributed by atoms with van der Waals surface area (Å²) in [5.41, 5.74) is 0. The molecule has 0 N–H and O–H groups in total. The molecule has 0 bridgehead atoms. The van der Waals surface area contributed by atoms with Crippen LogP contribution in [-0.4, -0.2) is 31.2 Å². The van der Waals surface area contributed by atoms with Crippen LogP contribution in [0.5, 0.6) is 0 Å². The molecule has 2 rings (SSSR count). The van der Waals surface area contributed by atoms with Gasteiger partial charge in [-0.3, -0.25) is 4.90 Å². The minimum atomic E-state index is 0.564. The Labute approximate surface area is 102 Å². The van der Waals surface area contributed by atoms with Crippen LogP contribution in [0, 0.1) is 17.2 Å². The molecule has 4 heteroatoms. The Bertz CT molecular complexity index is 350. The maximum absolute atomic E-state index is 8.68. The van der Waals surface area contributed by atoms with Crippen LogP contribution in [0.25, 0.3) is 0 Å². The molecular weight excluding hydrogens is 216 g/mol. The van der Waals surface area contributed by atoms with E-state index < -0.39 is 0 Å². The summed E-state index contributed by atoms with van der Waals surface area (Å²) in [6.45, 7) is 4.29. The summed E-state index contributed by atoms with van der Waals surface area (Å²) in [5, 5.41) is 8.68. The lowest BCUT2D eigenvalue weighted by atomic mass is 10.1. The minimum Gasteiger partial charge on any atom is -0.468 e. The molecule has 1 aliphatic rings. The van der Waals surface area contributed by atoms with E-state index in [1.807, 2.05) is 12.1 Å². The van der Waals surface area contributed by atoms with Crippen LogP contribution in [0.1, 0.15) is 18.6 Å². The van der Waals surface area contributed by atoms with E-state index >= 15 is 0 Å². The molecule has 1 atom stereocenters. The van der Waals surface area contributed by atoms with Gasteiger partial charge in [-0.25, -0.2) is 0 Å². The smallest absolute Gasteiger partial charge is 0.117 e. The first kappa shape index (κ1) is 12.2. The van der Waals surface area contributed by atoms with Gasteiger partial charge < -0.3 is 9.15 Å². The van der Waals surface area contributed by atoms with Crippen molar-refractivity contribution in [2.75, 3.05) is 26.3 Å². The molecule has 0 aliphatic carbocycles. The van der Waals surface area contributed by atoms with Gasteiger partial charge in [-0.05, 0) is 24.5 Å². The van der Waals surface area contributed by atoms with Crippen molar-refractivity contribution in [3.63, 3.8) is 0 Å². The van der Waals surface area contributed by atoms with E-state index in [2.05, 4.69) is 11.0 Å². The molecule has 1 unspecified atom stereocenters. The highest BCUT2D eigenvalue weighted by Crippen LogP contribution is 2.16. The largest absolute Gasteiger partial charge is 0.468 e. The van der Waals surface area contributed by atoms with Crippen LogP contribution in [0.4, 0.5) is 0 Å². The second-order valence-corrected chi connectivity index (χ2v) is 4.45. The zero-order chi connectivity index (χ0) is 11.9. The zero-order valence-electron chi connectivity index (χ0n) is 9.97. The van der Waals surface area contributed by atoms with Gasteiger partial charge >= 0.3 is 0 Å². The van der Waals surface area contributed by atoms with Crippen LogP contribution >= 0.6 is 0 Å². The summed E-state index contributed by atoms with van der Waals surface area (Å²) in [4.78, 5) is 2.28. The van der Waals surface area contributed by atoms with Crippen LogP contribution < -0.4 is 0 Å². The molecule has 0 saturated carbocycles. The van der Waals surface area contributed by atoms with E-state index in [-0.39, 0.29) is 0 Å². The summed E-state index contributed by atoms with van der Waals surface area (Å²) >= 11 is 0. The van der Waals surface area contributed by atoms with Gasteiger partial charge in [0.15, 0.2) is 0 Å². The maximum Gasteiger partial charge on any atom is 0.117 e. The number of rotatable bonds is 6. The molecule has 1 fully saturated rings. The van der Waals surface area contributed by atoms with Crippen molar-refractivity contribution in [2.45, 2.75) is 19.4 Å². The van der Waals surface area contributed by atoms with Gasteiger partial charge in [0.05, 0.1) is 25.5 Å². The highest BCUT2D eigenvalue weighted by atomic mass is 16.5. The third-order valence-corrected chi connectivity index (χ3v) is 3.04. The van der Waals surface area contributed by atoms with Crippen LogP contribution in [0.15, 0.2) is 22.8 Å². The monoisotopic (exact) mass is 234 g/mol. The molecule has 0 spiro atoms. The SMILES string of the molecule is N#CCCN(Cc1ccco1)CC1CCOC1. The summed E-state index contributed by atoms with van der Waals surface area (Å²) in [7, 11) is 0. The second-order valence-electron chi connectivity index (χ2n) is 4.45. The molecule has 2 heterocycles. The molecular formula is C13H18N2O2. The van der Waals surface area contributed by atoms with E-state index in [1.54, 1.807) is 6.26 Å². The number of nitrogens with zero attached hydrogens (tertiary/aromatic N) is 2. The Kier molecular flexibility index (Phi) is 4.60. The van der Waals surface area contributed by atoms with Gasteiger partial charge in [-0.2, -0.15) is 5.26 Å². The normalized spacial score (nSPS) is 19.6. The number of hydrogen-bond donors (Lipinski definition) is 0. The summed E-state index contributed by atoms with van der Waals surface area (Å²) in [6.07, 6.45) is 3.38. The molecule has 0 amide bonds. The van der Waals surface area contributed by atoms with E-state index in [0.29, 0.717) is 12.3 Å². The number of furan rings is 1. The Morgan fingerprint density at radius 1 is 1.53 bits per heavy atom. The predicted octanol–water partition coefficient (Wildman–Crippen LogP) is 2.03. The molecule has 17 heavy (non-hydrogen) atoms. The first-order valence-electron chi connectivity index (χ1n) is 6.08. The van der Waals surface area contributed by atoms with Gasteiger partial charge in [0.1, 0.15) is 5.76 Å². The van der Waals surface area contributed by atoms with Crippen molar-refractivity contribution in [3.8, 4) is 6.07 Å². The van der Waals surface area contributed by atoms with E-state index in [4.69, 9.17) is 14.4 Å². The van der Waals surface area contributed by atoms with E-state index in [1.165, 1.54) is 0 Å². The summed E-state index contributed by atoms with van der Waals surface area (Å²) in [6, 6.07) is 6.08. The summed E-state index contributed by atoms with van der Waals surface area (Å²) < 4.78 is 10.7. The Hall–Kier alpha value is -1.31. The third-order valence-electron chi connectivity index (χ3n) is 3.04. The average Bonchev–Trinajstić information content (AvgIpc) is 2.99. The number of ether oxygens (including phenoxy) is 1. The van der Waals surface area contributed by atoms with Crippen molar-refractivity contribution in [1.82, 2.24) is 4.90 Å². The molecule has 1 aromatic heterocycles. The average molecular weight is 234 g/mol. The van der Waals surface area contributed by atoms with Crippen LogP contribution in [0.2, 0.25) is 0 Å². The first-order chi connectivity index (χ1) is 8.38. The molecule has 1 aliphatic heterocycles. The summed E-state index contributed by atoms with van der Waals surface area (Å²) in [5.74, 6) is 1.56. The van der Waals surface area contributed by atoms with Crippen molar-refractivity contribution in [2.24, 2.45) is 5.92 Å². The van der Waals surface area contributed by atoms with Gasteiger partial charge in [0, 0.05) is 26.1 Å². The standard InChI is InChI=1S/C13H18N2O2/c14-5-2-6-15(9-12-4-8-16-11-12)10-13-3-1-7-17-13/h1,3,7,12H,2,4,6,8-11H2. The maximum atomic E-state index is 8.68. The van der Waals surface area contributed by atoms with Crippen molar-refractivity contribution < 1.29 is 9.15 Å². The lowest BCUT2D eigenvalue weighted by molar-refractivity contribution is 0.162. The second kappa shape index (κ2) is 6.43. The minimum absolute atomic E-state index is 0.564. The highest BCUT2D eigenvalue weighted by molar-refractivity contribution is 4.98. The van der Waals surface area contributed by atoms with E-state index in [9.17, 15) is 0 Å². The molecule has 92 valence electrons. The Morgan fingerprint density at radius 2 is 2.47 bits per heavy atom. The van der Waals surface area contributed by atoms with E-state index in [0.717, 1.165) is 45.0 Å². The predicted molar refractivity (Wildman–Crippen MR) is 63.1 cm³/mol. The van der Waals surface area contributed by atoms with Gasteiger partial charge in [0.2, 0.25) is 0 Å². The van der Waals surface area contributed by atoms with Crippen molar-refractivity contribution >= 4 is 0 Å². The van der Waals surface area contributed by atoms with Crippen molar-refractivity contribution in [3.05, 3.63) is 24.2 Å². The molecule has 1 aromatic rings. The first-order valence-corrected chi connectivity index (χ1v) is 6.08. The van der Waals surface area contributed by atoms with Crippen LogP contribution in [0.3, 0.4) is 0 Å². The molecule has 4 nitrogen and oxygen atoms in total. The number of nitriles is 1. The lowest BCUT2D eigenvalue weighted by Crippen LogP contribution is -2.30. The lowest BCUT2D eigenvalue weighted by Gasteiger charge is -2.22. The van der Waals surface area contributed by atoms with Crippen LogP contribution in [-0.2, 0) is 11.3 Å². The quantitative estimate of drug-likeness (QED) is 0.755. The Morgan fingerprint density at radius 3 is 3.12 bits per heavy atom. The van der Waals surface area contributed by atoms with Gasteiger partial charge in [0.25, 0.3) is 0 Å². The molecule has 1 saturated heterocycles. The fourth-order valence-corrected chi connectivity index (χ4v) is 2.16. The third kappa shape index (κ3) is 3.88. The number of hydrogen-bond acceptors (Lipinski definition) is 4. The topological polar surface area (TPSA) is 49.4 Å². The fraction of sp³-hybridized carbons (Fsp3) is 0.615. The Balaban J connectivity index is 1.85. The van der Waals surface area contributed by atoms with Crippen molar-refractivity contribution in [1.29, 1.82) is 5.26 Å². The highest BCUT2D eigenvalue weighted by Gasteiger charge is 2.19.